The summed E-state index contributed by atoms with van der Waals surface area (Å²) in [5, 5.41) is 4.15. The third-order valence-corrected chi connectivity index (χ3v) is 3.92. The Kier molecular flexibility index (Phi) is 2.83. The molecule has 0 radical (unpaired) electrons. The highest BCUT2D eigenvalue weighted by molar-refractivity contribution is 7.15. The van der Waals surface area contributed by atoms with Crippen LogP contribution in [0.4, 0.5) is 5.13 Å². The van der Waals surface area contributed by atoms with E-state index in [1.165, 1.54) is 37.0 Å². The molecule has 1 aromatic heterocycles. The summed E-state index contributed by atoms with van der Waals surface area (Å²) < 4.78 is 0. The Hall–Kier alpha value is -0.570. The molecule has 13 heavy (non-hydrogen) atoms. The molecule has 0 amide bonds. The summed E-state index contributed by atoms with van der Waals surface area (Å²) >= 11 is 1.82. The van der Waals surface area contributed by atoms with Crippen LogP contribution in [0.15, 0.2) is 6.20 Å². The van der Waals surface area contributed by atoms with Crippen LogP contribution >= 0.6 is 11.3 Å². The molecule has 0 atom stereocenters. The van der Waals surface area contributed by atoms with Crippen molar-refractivity contribution < 1.29 is 0 Å². The quantitative estimate of drug-likeness (QED) is 0.785. The van der Waals surface area contributed by atoms with E-state index in [2.05, 4.69) is 10.3 Å². The molecule has 2 rings (SSSR count). The van der Waals surface area contributed by atoms with Gasteiger partial charge in [0, 0.05) is 18.1 Å². The SMILES string of the molecule is CNc1ncc(C2CCCCC2)s1. The summed E-state index contributed by atoms with van der Waals surface area (Å²) in [5.74, 6) is 0.799. The Morgan fingerprint density at radius 3 is 2.77 bits per heavy atom. The van der Waals surface area contributed by atoms with Crippen molar-refractivity contribution in [1.29, 1.82) is 0 Å². The smallest absolute Gasteiger partial charge is 0.182 e. The first-order chi connectivity index (χ1) is 6.40. The van der Waals surface area contributed by atoms with E-state index in [1.807, 2.05) is 24.6 Å². The second-order valence-corrected chi connectivity index (χ2v) is 4.71. The van der Waals surface area contributed by atoms with Gasteiger partial charge in [0.05, 0.1) is 0 Å². The molecule has 1 N–H and O–H groups in total. The molecule has 1 aliphatic rings. The number of aromatic nitrogens is 1. The van der Waals surface area contributed by atoms with Gasteiger partial charge in [-0.25, -0.2) is 4.98 Å². The standard InChI is InChI=1S/C10H16N2S/c1-11-10-12-7-9(13-10)8-5-3-2-4-6-8/h7-8H,2-6H2,1H3,(H,11,12). The lowest BCUT2D eigenvalue weighted by molar-refractivity contribution is 0.448. The van der Waals surface area contributed by atoms with Crippen LogP contribution in [0.5, 0.6) is 0 Å². The number of nitrogens with zero attached hydrogens (tertiary/aromatic N) is 1. The maximum Gasteiger partial charge on any atom is 0.182 e. The van der Waals surface area contributed by atoms with Gasteiger partial charge in [-0.1, -0.05) is 19.3 Å². The normalized spacial score (nSPS) is 18.8. The second kappa shape index (κ2) is 4.09. The van der Waals surface area contributed by atoms with Gasteiger partial charge in [0.25, 0.3) is 0 Å². The Balaban J connectivity index is 2.05. The van der Waals surface area contributed by atoms with E-state index in [-0.39, 0.29) is 0 Å². The molecule has 0 bridgehead atoms. The molecule has 0 saturated heterocycles. The number of hydrogen-bond donors (Lipinski definition) is 1. The van der Waals surface area contributed by atoms with Crippen molar-refractivity contribution in [3.63, 3.8) is 0 Å². The van der Waals surface area contributed by atoms with E-state index >= 15 is 0 Å². The molecule has 3 heteroatoms. The average molecular weight is 196 g/mol. The molecule has 1 aromatic rings. The number of hydrogen-bond acceptors (Lipinski definition) is 3. The first kappa shape index (κ1) is 9.00. The van der Waals surface area contributed by atoms with Gasteiger partial charge >= 0.3 is 0 Å². The summed E-state index contributed by atoms with van der Waals surface area (Å²) in [5.41, 5.74) is 0. The van der Waals surface area contributed by atoms with Gasteiger partial charge in [0.1, 0.15) is 0 Å². The lowest BCUT2D eigenvalue weighted by Crippen LogP contribution is -2.02. The monoisotopic (exact) mass is 196 g/mol. The maximum absolute atomic E-state index is 4.32. The summed E-state index contributed by atoms with van der Waals surface area (Å²) in [6, 6.07) is 0. The molecule has 0 aliphatic heterocycles. The van der Waals surface area contributed by atoms with Gasteiger partial charge in [-0.3, -0.25) is 0 Å². The molecule has 1 heterocycles. The Labute approximate surface area is 83.4 Å². The van der Waals surface area contributed by atoms with Crippen LogP contribution in [0.25, 0.3) is 0 Å². The molecule has 0 aromatic carbocycles. The van der Waals surface area contributed by atoms with Gasteiger partial charge in [-0.05, 0) is 18.8 Å². The van der Waals surface area contributed by atoms with Crippen LogP contribution in [-0.2, 0) is 0 Å². The molecular weight excluding hydrogens is 180 g/mol. The van der Waals surface area contributed by atoms with Gasteiger partial charge in [-0.2, -0.15) is 0 Å². The van der Waals surface area contributed by atoms with Crippen LogP contribution in [0, 0.1) is 0 Å². The minimum absolute atomic E-state index is 0.799. The minimum Gasteiger partial charge on any atom is -0.365 e. The predicted octanol–water partition coefficient (Wildman–Crippen LogP) is 3.23. The molecule has 0 spiro atoms. The third kappa shape index (κ3) is 2.02. The fourth-order valence-electron chi connectivity index (χ4n) is 1.98. The fourth-order valence-corrected chi connectivity index (χ4v) is 2.92. The van der Waals surface area contributed by atoms with E-state index < -0.39 is 0 Å². The summed E-state index contributed by atoms with van der Waals surface area (Å²) in [6.45, 7) is 0. The van der Waals surface area contributed by atoms with E-state index in [9.17, 15) is 0 Å². The van der Waals surface area contributed by atoms with Crippen molar-refractivity contribution >= 4 is 16.5 Å². The van der Waals surface area contributed by atoms with Crippen molar-refractivity contribution in [1.82, 2.24) is 4.98 Å². The van der Waals surface area contributed by atoms with Crippen LogP contribution in [0.3, 0.4) is 0 Å². The van der Waals surface area contributed by atoms with E-state index in [4.69, 9.17) is 0 Å². The van der Waals surface area contributed by atoms with Crippen LogP contribution in [0.1, 0.15) is 42.9 Å². The molecular formula is C10H16N2S. The Bertz CT molecular complexity index is 264. The molecule has 1 fully saturated rings. The van der Waals surface area contributed by atoms with E-state index in [1.54, 1.807) is 0 Å². The van der Waals surface area contributed by atoms with Crippen LogP contribution in [-0.4, -0.2) is 12.0 Å². The van der Waals surface area contributed by atoms with Crippen molar-refractivity contribution in [2.45, 2.75) is 38.0 Å². The summed E-state index contributed by atoms with van der Waals surface area (Å²) in [7, 11) is 1.93. The first-order valence-corrected chi connectivity index (χ1v) is 5.85. The topological polar surface area (TPSA) is 24.9 Å². The van der Waals surface area contributed by atoms with Crippen molar-refractivity contribution in [3.05, 3.63) is 11.1 Å². The average Bonchev–Trinajstić information content (AvgIpc) is 2.67. The zero-order valence-electron chi connectivity index (χ0n) is 8.05. The van der Waals surface area contributed by atoms with Crippen molar-refractivity contribution in [2.24, 2.45) is 0 Å². The zero-order chi connectivity index (χ0) is 9.10. The molecule has 1 aliphatic carbocycles. The van der Waals surface area contributed by atoms with Crippen molar-refractivity contribution in [2.75, 3.05) is 12.4 Å². The lowest BCUT2D eigenvalue weighted by atomic mass is 9.89. The van der Waals surface area contributed by atoms with Gasteiger partial charge in [-0.15, -0.1) is 11.3 Å². The van der Waals surface area contributed by atoms with Gasteiger partial charge in [0.15, 0.2) is 5.13 Å². The van der Waals surface area contributed by atoms with Gasteiger partial charge in [0.2, 0.25) is 0 Å². The molecule has 72 valence electrons. The lowest BCUT2D eigenvalue weighted by Gasteiger charge is -2.19. The molecule has 2 nitrogen and oxygen atoms in total. The van der Waals surface area contributed by atoms with Crippen LogP contribution < -0.4 is 5.32 Å². The second-order valence-electron chi connectivity index (χ2n) is 3.65. The highest BCUT2D eigenvalue weighted by atomic mass is 32.1. The van der Waals surface area contributed by atoms with Crippen LogP contribution in [0.2, 0.25) is 0 Å². The highest BCUT2D eigenvalue weighted by Gasteiger charge is 2.17. The number of nitrogens with one attached hydrogen (secondary N) is 1. The minimum atomic E-state index is 0.799. The summed E-state index contributed by atoms with van der Waals surface area (Å²) in [6.07, 6.45) is 9.01. The van der Waals surface area contributed by atoms with E-state index in [0.29, 0.717) is 0 Å². The molecule has 0 unspecified atom stereocenters. The summed E-state index contributed by atoms with van der Waals surface area (Å²) in [4.78, 5) is 5.79. The zero-order valence-corrected chi connectivity index (χ0v) is 8.86. The predicted molar refractivity (Wildman–Crippen MR) is 57.5 cm³/mol. The van der Waals surface area contributed by atoms with Gasteiger partial charge < -0.3 is 5.32 Å². The maximum atomic E-state index is 4.32. The van der Waals surface area contributed by atoms with E-state index in [0.717, 1.165) is 11.0 Å². The first-order valence-electron chi connectivity index (χ1n) is 5.03. The Morgan fingerprint density at radius 1 is 1.38 bits per heavy atom. The molecule has 1 saturated carbocycles. The van der Waals surface area contributed by atoms with Crippen molar-refractivity contribution in [3.8, 4) is 0 Å². The number of rotatable bonds is 2. The number of thiazole rings is 1. The fraction of sp³-hybridized carbons (Fsp3) is 0.700. The number of anilines is 1. The Morgan fingerprint density at radius 2 is 2.15 bits per heavy atom. The third-order valence-electron chi connectivity index (χ3n) is 2.74. The highest BCUT2D eigenvalue weighted by Crippen LogP contribution is 2.36. The largest absolute Gasteiger partial charge is 0.365 e.